The first-order valence-electron chi connectivity index (χ1n) is 5.49. The van der Waals surface area contributed by atoms with Crippen LogP contribution in [0, 0.1) is 0 Å². The summed E-state index contributed by atoms with van der Waals surface area (Å²) in [5.74, 6) is 0. The van der Waals surface area contributed by atoms with Gasteiger partial charge in [0.05, 0.1) is 9.92 Å². The summed E-state index contributed by atoms with van der Waals surface area (Å²) in [6.07, 6.45) is 2.64. The predicted molar refractivity (Wildman–Crippen MR) is 77.0 cm³/mol. The molecule has 0 aliphatic rings. The Balaban J connectivity index is 2.76. The van der Waals surface area contributed by atoms with Gasteiger partial charge in [-0.25, -0.2) is 13.1 Å². The molecule has 0 aliphatic heterocycles. The third-order valence-corrected chi connectivity index (χ3v) is 5.01. The summed E-state index contributed by atoms with van der Waals surface area (Å²) >= 11 is 7.48. The fraction of sp³-hybridized carbons (Fsp3) is 0.455. The van der Waals surface area contributed by atoms with Gasteiger partial charge in [-0.15, -0.1) is 11.8 Å². The molecule has 0 heterocycles. The maximum Gasteiger partial charge on any atom is 0.240 e. The van der Waals surface area contributed by atoms with E-state index in [1.54, 1.807) is 12.1 Å². The minimum atomic E-state index is -3.46. The van der Waals surface area contributed by atoms with Crippen molar-refractivity contribution in [3.63, 3.8) is 0 Å². The second-order valence-corrected chi connectivity index (χ2v) is 6.67. The van der Waals surface area contributed by atoms with Gasteiger partial charge in [0, 0.05) is 11.4 Å². The van der Waals surface area contributed by atoms with Gasteiger partial charge in [0.25, 0.3) is 0 Å². The molecule has 4 nitrogen and oxygen atoms in total. The van der Waals surface area contributed by atoms with Gasteiger partial charge in [-0.05, 0) is 44.5 Å². The molecule has 102 valence electrons. The van der Waals surface area contributed by atoms with Crippen LogP contribution in [-0.4, -0.2) is 34.8 Å². The van der Waals surface area contributed by atoms with E-state index in [1.165, 1.54) is 17.8 Å². The van der Waals surface area contributed by atoms with E-state index in [0.717, 1.165) is 17.9 Å². The van der Waals surface area contributed by atoms with Gasteiger partial charge in [0.1, 0.15) is 0 Å². The Morgan fingerprint density at radius 2 is 2.06 bits per heavy atom. The zero-order chi connectivity index (χ0) is 13.6. The van der Waals surface area contributed by atoms with Crippen LogP contribution in [0.4, 0.5) is 0 Å². The summed E-state index contributed by atoms with van der Waals surface area (Å²) in [6, 6.07) is 4.76. The summed E-state index contributed by atoms with van der Waals surface area (Å²) < 4.78 is 26.4. The number of rotatable bonds is 7. The van der Waals surface area contributed by atoms with Gasteiger partial charge >= 0.3 is 0 Å². The summed E-state index contributed by atoms with van der Waals surface area (Å²) in [6.45, 7) is 1.18. The van der Waals surface area contributed by atoms with Crippen molar-refractivity contribution in [2.45, 2.75) is 16.2 Å². The Morgan fingerprint density at radius 3 is 2.61 bits per heavy atom. The van der Waals surface area contributed by atoms with Gasteiger partial charge in [-0.2, -0.15) is 0 Å². The van der Waals surface area contributed by atoms with Crippen molar-refractivity contribution in [3.05, 3.63) is 23.2 Å². The van der Waals surface area contributed by atoms with Gasteiger partial charge in [0.15, 0.2) is 0 Å². The smallest absolute Gasteiger partial charge is 0.240 e. The minimum Gasteiger partial charge on any atom is -0.320 e. The lowest BCUT2D eigenvalue weighted by atomic mass is 10.4. The normalized spacial score (nSPS) is 11.7. The molecule has 2 N–H and O–H groups in total. The van der Waals surface area contributed by atoms with E-state index in [4.69, 9.17) is 11.6 Å². The first-order chi connectivity index (χ1) is 8.51. The Morgan fingerprint density at radius 1 is 1.33 bits per heavy atom. The fourth-order valence-corrected chi connectivity index (χ4v) is 3.40. The highest BCUT2D eigenvalue weighted by Crippen LogP contribution is 2.27. The van der Waals surface area contributed by atoms with Crippen molar-refractivity contribution < 1.29 is 8.42 Å². The molecular formula is C11H17ClN2O2S2. The van der Waals surface area contributed by atoms with Crippen molar-refractivity contribution in [2.24, 2.45) is 0 Å². The summed E-state index contributed by atoms with van der Waals surface area (Å²) in [5.41, 5.74) is 0. The highest BCUT2D eigenvalue weighted by Gasteiger charge is 2.14. The van der Waals surface area contributed by atoms with E-state index < -0.39 is 10.0 Å². The highest BCUT2D eigenvalue weighted by molar-refractivity contribution is 7.98. The van der Waals surface area contributed by atoms with E-state index >= 15 is 0 Å². The van der Waals surface area contributed by atoms with Crippen LogP contribution < -0.4 is 10.0 Å². The average Bonchev–Trinajstić information content (AvgIpc) is 2.34. The Kier molecular flexibility index (Phi) is 6.45. The van der Waals surface area contributed by atoms with Crippen LogP contribution in [0.1, 0.15) is 6.42 Å². The molecular weight excluding hydrogens is 292 g/mol. The molecule has 0 aromatic heterocycles. The zero-order valence-corrected chi connectivity index (χ0v) is 12.8. The molecule has 0 spiro atoms. The standard InChI is InChI=1S/C11H17ClN2O2S2/c1-13-6-3-7-14-18(15,16)9-4-5-11(17-2)10(12)8-9/h4-5,8,13-14H,3,6-7H2,1-2H3. The lowest BCUT2D eigenvalue weighted by Gasteiger charge is -2.08. The van der Waals surface area contributed by atoms with E-state index in [-0.39, 0.29) is 4.90 Å². The predicted octanol–water partition coefficient (Wildman–Crippen LogP) is 1.95. The number of thioether (sulfide) groups is 1. The largest absolute Gasteiger partial charge is 0.320 e. The molecule has 18 heavy (non-hydrogen) atoms. The lowest BCUT2D eigenvalue weighted by molar-refractivity contribution is 0.577. The van der Waals surface area contributed by atoms with Crippen molar-refractivity contribution in [1.82, 2.24) is 10.0 Å². The quantitative estimate of drug-likeness (QED) is 0.597. The Labute approximate surface area is 118 Å². The number of nitrogens with one attached hydrogen (secondary N) is 2. The molecule has 0 saturated heterocycles. The third-order valence-electron chi connectivity index (χ3n) is 2.33. The van der Waals surface area contributed by atoms with Crippen molar-refractivity contribution in [1.29, 1.82) is 0 Å². The highest BCUT2D eigenvalue weighted by atomic mass is 35.5. The van der Waals surface area contributed by atoms with Crippen molar-refractivity contribution in [3.8, 4) is 0 Å². The molecule has 1 rings (SSSR count). The van der Waals surface area contributed by atoms with Gasteiger partial charge < -0.3 is 5.32 Å². The zero-order valence-electron chi connectivity index (χ0n) is 10.4. The van der Waals surface area contributed by atoms with Crippen LogP contribution in [0.5, 0.6) is 0 Å². The summed E-state index contributed by atoms with van der Waals surface area (Å²) in [5, 5.41) is 3.42. The molecule has 0 atom stereocenters. The number of hydrogen-bond acceptors (Lipinski definition) is 4. The second kappa shape index (κ2) is 7.35. The maximum absolute atomic E-state index is 12.0. The monoisotopic (exact) mass is 308 g/mol. The average molecular weight is 309 g/mol. The number of halogens is 1. The fourth-order valence-electron chi connectivity index (χ4n) is 1.37. The number of sulfonamides is 1. The van der Waals surface area contributed by atoms with Crippen LogP contribution in [0.3, 0.4) is 0 Å². The first kappa shape index (κ1) is 15.8. The Hall–Kier alpha value is -0.270. The van der Waals surface area contributed by atoms with Gasteiger partial charge in [0.2, 0.25) is 10.0 Å². The van der Waals surface area contributed by atoms with Crippen LogP contribution in [0.15, 0.2) is 28.0 Å². The third kappa shape index (κ3) is 4.44. The topological polar surface area (TPSA) is 58.2 Å². The molecule has 0 unspecified atom stereocenters. The molecule has 0 amide bonds. The van der Waals surface area contributed by atoms with Crippen LogP contribution in [0.25, 0.3) is 0 Å². The minimum absolute atomic E-state index is 0.203. The van der Waals surface area contributed by atoms with Crippen molar-refractivity contribution >= 4 is 33.4 Å². The SMILES string of the molecule is CNCCCNS(=O)(=O)c1ccc(SC)c(Cl)c1. The molecule has 0 aliphatic carbocycles. The van der Waals surface area contributed by atoms with Crippen LogP contribution >= 0.6 is 23.4 Å². The summed E-state index contributed by atoms with van der Waals surface area (Å²) in [7, 11) is -1.63. The van der Waals surface area contributed by atoms with Crippen LogP contribution in [-0.2, 0) is 10.0 Å². The molecule has 7 heteroatoms. The van der Waals surface area contributed by atoms with Crippen LogP contribution in [0.2, 0.25) is 5.02 Å². The van der Waals surface area contributed by atoms with E-state index in [1.807, 2.05) is 13.3 Å². The van der Waals surface area contributed by atoms with Crippen molar-refractivity contribution in [2.75, 3.05) is 26.4 Å². The molecule has 0 saturated carbocycles. The van der Waals surface area contributed by atoms with Gasteiger partial charge in [-0.3, -0.25) is 0 Å². The molecule has 0 bridgehead atoms. The number of hydrogen-bond donors (Lipinski definition) is 2. The van der Waals surface area contributed by atoms with E-state index in [9.17, 15) is 8.42 Å². The lowest BCUT2D eigenvalue weighted by Crippen LogP contribution is -2.26. The Bertz CT molecular complexity index is 492. The molecule has 0 fully saturated rings. The summed E-state index contributed by atoms with van der Waals surface area (Å²) in [4.78, 5) is 1.07. The second-order valence-electron chi connectivity index (χ2n) is 3.65. The molecule has 1 aromatic rings. The molecule has 1 aromatic carbocycles. The van der Waals surface area contributed by atoms with E-state index in [2.05, 4.69) is 10.0 Å². The van der Waals surface area contributed by atoms with E-state index in [0.29, 0.717) is 11.6 Å². The molecule has 0 radical (unpaired) electrons. The first-order valence-corrected chi connectivity index (χ1v) is 8.57. The van der Waals surface area contributed by atoms with Gasteiger partial charge in [-0.1, -0.05) is 11.6 Å². The maximum atomic E-state index is 12.0. The number of benzene rings is 1.